The van der Waals surface area contributed by atoms with Gasteiger partial charge in [-0.05, 0) is 37.3 Å². The molecule has 0 bridgehead atoms. The van der Waals surface area contributed by atoms with Crippen molar-refractivity contribution in [2.75, 3.05) is 0 Å². The number of carbonyl (C=O) groups is 4. The molecule has 1 aliphatic rings. The number of hydrogen-bond acceptors (Lipinski definition) is 4. The third-order valence-electron chi connectivity index (χ3n) is 4.00. The van der Waals surface area contributed by atoms with Gasteiger partial charge in [0.15, 0.2) is 5.78 Å². The third kappa shape index (κ3) is 2.93. The first-order valence-corrected chi connectivity index (χ1v) is 7.42. The van der Waals surface area contributed by atoms with Crippen LogP contribution in [0, 0.1) is 12.3 Å². The number of imide groups is 1. The molecule has 5 nitrogen and oxygen atoms in total. The van der Waals surface area contributed by atoms with Crippen LogP contribution in [-0.2, 0) is 16.0 Å². The predicted octanol–water partition coefficient (Wildman–Crippen LogP) is 1.79. The summed E-state index contributed by atoms with van der Waals surface area (Å²) < 4.78 is 0. The molecule has 1 atom stereocenters. The van der Waals surface area contributed by atoms with Crippen LogP contribution in [0.1, 0.15) is 53.0 Å². The number of aryl methyl sites for hydroxylation is 1. The number of rotatable bonds is 6. The molecule has 23 heavy (non-hydrogen) atoms. The number of Topliss-reactive ketones (excluding diaryl/α,β-unsaturated/α-hetero) is 2. The number of terminal acetylenes is 1. The van der Waals surface area contributed by atoms with Crippen LogP contribution in [-0.4, -0.2) is 34.3 Å². The van der Waals surface area contributed by atoms with Gasteiger partial charge in [-0.15, -0.1) is 6.42 Å². The highest BCUT2D eigenvalue weighted by molar-refractivity contribution is 6.23. The van der Waals surface area contributed by atoms with Crippen LogP contribution in [0.3, 0.4) is 0 Å². The molecule has 0 saturated heterocycles. The number of carbonyl (C=O) groups excluding carboxylic acids is 4. The molecule has 118 valence electrons. The highest BCUT2D eigenvalue weighted by atomic mass is 16.2. The van der Waals surface area contributed by atoms with Crippen molar-refractivity contribution in [2.24, 2.45) is 0 Å². The highest BCUT2D eigenvalue weighted by Crippen LogP contribution is 2.29. The molecule has 0 fully saturated rings. The van der Waals surface area contributed by atoms with Crippen molar-refractivity contribution in [3.8, 4) is 12.3 Å². The summed E-state index contributed by atoms with van der Waals surface area (Å²) in [5, 5.41) is 0. The normalized spacial score (nSPS) is 14.4. The van der Waals surface area contributed by atoms with Crippen LogP contribution in [0.25, 0.3) is 0 Å². The Hall–Kier alpha value is -2.74. The summed E-state index contributed by atoms with van der Waals surface area (Å²) in [6.07, 6.45) is 5.62. The molecule has 0 saturated carbocycles. The first-order valence-electron chi connectivity index (χ1n) is 7.42. The zero-order valence-corrected chi connectivity index (χ0v) is 13.1. The lowest BCUT2D eigenvalue weighted by Gasteiger charge is -2.23. The van der Waals surface area contributed by atoms with Gasteiger partial charge in [0.1, 0.15) is 0 Å². The topological polar surface area (TPSA) is 71.5 Å². The van der Waals surface area contributed by atoms with Crippen molar-refractivity contribution in [1.29, 1.82) is 0 Å². The van der Waals surface area contributed by atoms with E-state index in [2.05, 4.69) is 0 Å². The van der Waals surface area contributed by atoms with Crippen molar-refractivity contribution in [3.63, 3.8) is 0 Å². The van der Waals surface area contributed by atoms with E-state index in [1.165, 1.54) is 6.92 Å². The molecule has 0 aliphatic carbocycles. The number of amides is 2. The Balaban J connectivity index is 2.38. The lowest BCUT2D eigenvalue weighted by molar-refractivity contribution is -0.121. The van der Waals surface area contributed by atoms with Crippen LogP contribution in [0.15, 0.2) is 18.2 Å². The van der Waals surface area contributed by atoms with Crippen molar-refractivity contribution in [1.82, 2.24) is 4.90 Å². The summed E-state index contributed by atoms with van der Waals surface area (Å²) in [6, 6.07) is 4.12. The molecule has 1 unspecified atom stereocenters. The molecule has 1 aromatic carbocycles. The van der Waals surface area contributed by atoms with Crippen LogP contribution in [0.4, 0.5) is 0 Å². The number of nitrogens with zero attached hydrogens (tertiary/aromatic N) is 1. The molecule has 0 spiro atoms. The minimum atomic E-state index is -0.968. The van der Waals surface area contributed by atoms with E-state index >= 15 is 0 Å². The SMILES string of the molecule is C#CC(=O)CCC(C(C)=O)N1C(=O)c2cccc(CC)c2C1=O. The standard InChI is InChI=1S/C18H17NO4/c1-4-12-7-6-8-14-16(12)18(23)19(17(14)22)15(11(3)20)10-9-13(21)5-2/h2,6-8,15H,4,9-10H2,1,3H3. The number of benzene rings is 1. The largest absolute Gasteiger partial charge is 0.298 e. The van der Waals surface area contributed by atoms with Gasteiger partial charge in [0.2, 0.25) is 5.78 Å². The highest BCUT2D eigenvalue weighted by Gasteiger charge is 2.42. The van der Waals surface area contributed by atoms with Crippen LogP contribution >= 0.6 is 0 Å². The third-order valence-corrected chi connectivity index (χ3v) is 4.00. The average Bonchev–Trinajstić information content (AvgIpc) is 2.79. The molecule has 2 amide bonds. The quantitative estimate of drug-likeness (QED) is 0.456. The van der Waals surface area contributed by atoms with E-state index in [9.17, 15) is 19.2 Å². The van der Waals surface area contributed by atoms with Crippen molar-refractivity contribution < 1.29 is 19.2 Å². The van der Waals surface area contributed by atoms with Gasteiger partial charge in [-0.3, -0.25) is 24.1 Å². The zero-order valence-electron chi connectivity index (χ0n) is 13.1. The van der Waals surface area contributed by atoms with Gasteiger partial charge in [-0.2, -0.15) is 0 Å². The molecule has 5 heteroatoms. The molecule has 0 radical (unpaired) electrons. The van der Waals surface area contributed by atoms with E-state index in [1.807, 2.05) is 12.8 Å². The van der Waals surface area contributed by atoms with E-state index in [1.54, 1.807) is 18.2 Å². The number of fused-ring (bicyclic) bond motifs is 1. The second-order valence-corrected chi connectivity index (χ2v) is 5.41. The minimum absolute atomic E-state index is 0.0468. The molecule has 1 heterocycles. The maximum atomic E-state index is 12.7. The first kappa shape index (κ1) is 16.6. The Labute approximate surface area is 134 Å². The van der Waals surface area contributed by atoms with Crippen molar-refractivity contribution >= 4 is 23.4 Å². The number of ketones is 2. The van der Waals surface area contributed by atoms with Crippen molar-refractivity contribution in [3.05, 3.63) is 34.9 Å². The Bertz CT molecular complexity index is 742. The van der Waals surface area contributed by atoms with E-state index in [0.717, 1.165) is 10.5 Å². The maximum absolute atomic E-state index is 12.7. The fourth-order valence-corrected chi connectivity index (χ4v) is 2.81. The molecule has 1 aliphatic heterocycles. The summed E-state index contributed by atoms with van der Waals surface area (Å²) in [5.74, 6) is 0.200. The minimum Gasteiger partial charge on any atom is -0.298 e. The van der Waals surface area contributed by atoms with E-state index in [0.29, 0.717) is 17.5 Å². The zero-order chi connectivity index (χ0) is 17.1. The lowest BCUT2D eigenvalue weighted by Crippen LogP contribution is -2.44. The monoisotopic (exact) mass is 311 g/mol. The Morgan fingerprint density at radius 1 is 1.26 bits per heavy atom. The average molecular weight is 311 g/mol. The van der Waals surface area contributed by atoms with Crippen LogP contribution in [0.2, 0.25) is 0 Å². The van der Waals surface area contributed by atoms with Gasteiger partial charge in [0.25, 0.3) is 11.8 Å². The number of hydrogen-bond donors (Lipinski definition) is 0. The summed E-state index contributed by atoms with van der Waals surface area (Å²) >= 11 is 0. The second kappa shape index (κ2) is 6.57. The van der Waals surface area contributed by atoms with E-state index in [4.69, 9.17) is 6.42 Å². The first-order chi connectivity index (χ1) is 10.9. The van der Waals surface area contributed by atoms with Crippen LogP contribution < -0.4 is 0 Å². The summed E-state index contributed by atoms with van der Waals surface area (Å²) in [5.41, 5.74) is 1.43. The van der Waals surface area contributed by atoms with Gasteiger partial charge in [0, 0.05) is 6.42 Å². The molecule has 1 aromatic rings. The van der Waals surface area contributed by atoms with Crippen LogP contribution in [0.5, 0.6) is 0 Å². The van der Waals surface area contributed by atoms with E-state index < -0.39 is 23.6 Å². The van der Waals surface area contributed by atoms with Gasteiger partial charge in [-0.1, -0.05) is 19.1 Å². The summed E-state index contributed by atoms with van der Waals surface area (Å²) in [4.78, 5) is 49.4. The van der Waals surface area contributed by atoms with Crippen molar-refractivity contribution in [2.45, 2.75) is 39.2 Å². The van der Waals surface area contributed by atoms with E-state index in [-0.39, 0.29) is 18.6 Å². The van der Waals surface area contributed by atoms with Gasteiger partial charge < -0.3 is 0 Å². The Morgan fingerprint density at radius 2 is 1.96 bits per heavy atom. The summed E-state index contributed by atoms with van der Waals surface area (Å²) in [7, 11) is 0. The molecule has 0 aromatic heterocycles. The Morgan fingerprint density at radius 3 is 2.52 bits per heavy atom. The lowest BCUT2D eigenvalue weighted by atomic mass is 10.0. The maximum Gasteiger partial charge on any atom is 0.262 e. The molecular formula is C18H17NO4. The fourth-order valence-electron chi connectivity index (χ4n) is 2.81. The molecule has 0 N–H and O–H groups in total. The van der Waals surface area contributed by atoms with Gasteiger partial charge in [0.05, 0.1) is 17.2 Å². The molecular weight excluding hydrogens is 294 g/mol. The van der Waals surface area contributed by atoms with Gasteiger partial charge in [-0.25, -0.2) is 0 Å². The van der Waals surface area contributed by atoms with Gasteiger partial charge >= 0.3 is 0 Å². The molecule has 2 rings (SSSR count). The summed E-state index contributed by atoms with van der Waals surface area (Å²) in [6.45, 7) is 3.19. The smallest absolute Gasteiger partial charge is 0.262 e. The fraction of sp³-hybridized carbons (Fsp3) is 0.333. The Kier molecular flexibility index (Phi) is 4.75. The predicted molar refractivity (Wildman–Crippen MR) is 83.9 cm³/mol. The second-order valence-electron chi connectivity index (χ2n) is 5.41.